The lowest BCUT2D eigenvalue weighted by atomic mass is 10.2. The number of hydrogen-bond acceptors (Lipinski definition) is 4. The Morgan fingerprint density at radius 1 is 1.47 bits per heavy atom. The van der Waals surface area contributed by atoms with Gasteiger partial charge in [-0.1, -0.05) is 0 Å². The highest BCUT2D eigenvalue weighted by Crippen LogP contribution is 2.32. The van der Waals surface area contributed by atoms with Gasteiger partial charge in [0, 0.05) is 21.8 Å². The highest BCUT2D eigenvalue weighted by Gasteiger charge is 2.08. The zero-order valence-electron chi connectivity index (χ0n) is 9.44. The average molecular weight is 313 g/mol. The minimum Gasteiger partial charge on any atom is -0.497 e. The summed E-state index contributed by atoms with van der Waals surface area (Å²) < 4.78 is 6.15. The molecule has 0 saturated carbocycles. The Morgan fingerprint density at radius 3 is 2.94 bits per heavy atom. The van der Waals surface area contributed by atoms with Crippen LogP contribution in [0, 0.1) is 0 Å². The van der Waals surface area contributed by atoms with Crippen molar-refractivity contribution in [3.05, 3.63) is 33.1 Å². The molecule has 1 aromatic heterocycles. The van der Waals surface area contributed by atoms with Crippen LogP contribution in [0.1, 0.15) is 5.01 Å². The van der Waals surface area contributed by atoms with Gasteiger partial charge in [0.15, 0.2) is 0 Å². The summed E-state index contributed by atoms with van der Waals surface area (Å²) in [6.45, 7) is 0.636. The van der Waals surface area contributed by atoms with E-state index < -0.39 is 0 Å². The second-order valence-electron chi connectivity index (χ2n) is 3.51. The SMILES string of the molecule is COc1ccc(-c2csc(CCN)n2)c(Br)c1. The molecule has 0 radical (unpaired) electrons. The molecule has 5 heteroatoms. The molecule has 0 saturated heterocycles. The normalized spacial score (nSPS) is 10.5. The molecular weight excluding hydrogens is 300 g/mol. The molecule has 2 N–H and O–H groups in total. The number of aromatic nitrogens is 1. The van der Waals surface area contributed by atoms with Gasteiger partial charge in [-0.25, -0.2) is 4.98 Å². The Balaban J connectivity index is 2.32. The van der Waals surface area contributed by atoms with Crippen LogP contribution in [0.15, 0.2) is 28.1 Å². The van der Waals surface area contributed by atoms with E-state index >= 15 is 0 Å². The number of methoxy groups -OCH3 is 1. The fourth-order valence-corrected chi connectivity index (χ4v) is 2.88. The molecule has 2 aromatic rings. The van der Waals surface area contributed by atoms with Gasteiger partial charge in [-0.2, -0.15) is 0 Å². The van der Waals surface area contributed by atoms with Gasteiger partial charge in [0.05, 0.1) is 17.8 Å². The molecule has 0 atom stereocenters. The van der Waals surface area contributed by atoms with Crippen molar-refractivity contribution in [1.29, 1.82) is 0 Å². The summed E-state index contributed by atoms with van der Waals surface area (Å²) >= 11 is 5.18. The van der Waals surface area contributed by atoms with E-state index in [0.29, 0.717) is 6.54 Å². The van der Waals surface area contributed by atoms with Gasteiger partial charge in [0.25, 0.3) is 0 Å². The van der Waals surface area contributed by atoms with Crippen molar-refractivity contribution in [1.82, 2.24) is 4.98 Å². The van der Waals surface area contributed by atoms with Gasteiger partial charge in [0.1, 0.15) is 5.75 Å². The van der Waals surface area contributed by atoms with E-state index in [2.05, 4.69) is 26.3 Å². The van der Waals surface area contributed by atoms with Gasteiger partial charge in [-0.3, -0.25) is 0 Å². The van der Waals surface area contributed by atoms with E-state index in [4.69, 9.17) is 10.5 Å². The summed E-state index contributed by atoms with van der Waals surface area (Å²) in [7, 11) is 1.66. The molecule has 0 spiro atoms. The summed E-state index contributed by atoms with van der Waals surface area (Å²) in [5.74, 6) is 0.832. The first-order valence-electron chi connectivity index (χ1n) is 5.23. The third-order valence-electron chi connectivity index (χ3n) is 2.36. The predicted octanol–water partition coefficient (Wildman–Crippen LogP) is 3.08. The molecule has 17 heavy (non-hydrogen) atoms. The molecule has 0 bridgehead atoms. The first kappa shape index (κ1) is 12.5. The highest BCUT2D eigenvalue weighted by atomic mass is 79.9. The Labute approximate surface area is 113 Å². The minimum atomic E-state index is 0.636. The van der Waals surface area contributed by atoms with Crippen molar-refractivity contribution >= 4 is 27.3 Å². The van der Waals surface area contributed by atoms with Crippen LogP contribution in [0.2, 0.25) is 0 Å². The highest BCUT2D eigenvalue weighted by molar-refractivity contribution is 9.10. The fourth-order valence-electron chi connectivity index (χ4n) is 1.50. The van der Waals surface area contributed by atoms with Crippen LogP contribution in [0.3, 0.4) is 0 Å². The Morgan fingerprint density at radius 2 is 2.29 bits per heavy atom. The van der Waals surface area contributed by atoms with Gasteiger partial charge in [-0.15, -0.1) is 11.3 Å². The van der Waals surface area contributed by atoms with E-state index in [1.165, 1.54) is 0 Å². The van der Waals surface area contributed by atoms with E-state index in [0.717, 1.165) is 32.9 Å². The molecule has 2 rings (SSSR count). The van der Waals surface area contributed by atoms with Crippen LogP contribution in [0.4, 0.5) is 0 Å². The van der Waals surface area contributed by atoms with Crippen LogP contribution in [0.25, 0.3) is 11.3 Å². The first-order chi connectivity index (χ1) is 8.24. The van der Waals surface area contributed by atoms with Crippen molar-refractivity contribution in [2.75, 3.05) is 13.7 Å². The lowest BCUT2D eigenvalue weighted by Crippen LogP contribution is -2.01. The van der Waals surface area contributed by atoms with E-state index in [-0.39, 0.29) is 0 Å². The summed E-state index contributed by atoms with van der Waals surface area (Å²) in [4.78, 5) is 4.55. The number of thiazole rings is 1. The zero-order chi connectivity index (χ0) is 12.3. The molecule has 90 valence electrons. The van der Waals surface area contributed by atoms with Crippen molar-refractivity contribution in [2.24, 2.45) is 5.73 Å². The molecule has 0 unspecified atom stereocenters. The van der Waals surface area contributed by atoms with E-state index in [1.54, 1.807) is 18.4 Å². The number of benzene rings is 1. The second kappa shape index (κ2) is 5.62. The molecule has 3 nitrogen and oxygen atoms in total. The molecule has 1 heterocycles. The van der Waals surface area contributed by atoms with Crippen molar-refractivity contribution in [3.8, 4) is 17.0 Å². The number of rotatable bonds is 4. The standard InChI is InChI=1S/C12H13BrN2OS/c1-16-8-2-3-9(10(13)6-8)11-7-17-12(15-11)4-5-14/h2-3,6-7H,4-5,14H2,1H3. The van der Waals surface area contributed by atoms with Crippen LogP contribution in [-0.4, -0.2) is 18.6 Å². The summed E-state index contributed by atoms with van der Waals surface area (Å²) in [5, 5.41) is 3.13. The molecular formula is C12H13BrN2OS. The Hall–Kier alpha value is -0.910. The number of halogens is 1. The van der Waals surface area contributed by atoms with Gasteiger partial charge >= 0.3 is 0 Å². The number of ether oxygens (including phenoxy) is 1. The van der Waals surface area contributed by atoms with Crippen LogP contribution < -0.4 is 10.5 Å². The van der Waals surface area contributed by atoms with Gasteiger partial charge in [-0.05, 0) is 40.7 Å². The number of nitrogens with zero attached hydrogens (tertiary/aromatic N) is 1. The molecule has 0 aliphatic carbocycles. The Kier molecular flexibility index (Phi) is 4.15. The van der Waals surface area contributed by atoms with Crippen LogP contribution in [0.5, 0.6) is 5.75 Å². The van der Waals surface area contributed by atoms with Crippen LogP contribution in [-0.2, 0) is 6.42 Å². The average Bonchev–Trinajstić information content (AvgIpc) is 2.78. The third kappa shape index (κ3) is 2.86. The second-order valence-corrected chi connectivity index (χ2v) is 5.31. The van der Waals surface area contributed by atoms with E-state index in [9.17, 15) is 0 Å². The lowest BCUT2D eigenvalue weighted by molar-refractivity contribution is 0.414. The topological polar surface area (TPSA) is 48.1 Å². The molecule has 1 aromatic carbocycles. The molecule has 0 amide bonds. The molecule has 0 aliphatic heterocycles. The maximum absolute atomic E-state index is 5.52. The monoisotopic (exact) mass is 312 g/mol. The predicted molar refractivity (Wildman–Crippen MR) is 74.6 cm³/mol. The quantitative estimate of drug-likeness (QED) is 0.943. The number of hydrogen-bond donors (Lipinski definition) is 1. The first-order valence-corrected chi connectivity index (χ1v) is 6.90. The van der Waals surface area contributed by atoms with Gasteiger partial charge < -0.3 is 10.5 Å². The van der Waals surface area contributed by atoms with Crippen LogP contribution >= 0.6 is 27.3 Å². The minimum absolute atomic E-state index is 0.636. The molecule has 0 fully saturated rings. The van der Waals surface area contributed by atoms with E-state index in [1.807, 2.05) is 18.2 Å². The summed E-state index contributed by atoms with van der Waals surface area (Å²) in [6.07, 6.45) is 0.832. The fraction of sp³-hybridized carbons (Fsp3) is 0.250. The zero-order valence-corrected chi connectivity index (χ0v) is 11.8. The van der Waals surface area contributed by atoms with Crippen molar-refractivity contribution in [2.45, 2.75) is 6.42 Å². The number of nitrogens with two attached hydrogens (primary N) is 1. The smallest absolute Gasteiger partial charge is 0.120 e. The largest absolute Gasteiger partial charge is 0.497 e. The van der Waals surface area contributed by atoms with Gasteiger partial charge in [0.2, 0.25) is 0 Å². The molecule has 0 aliphatic rings. The Bertz CT molecular complexity index is 513. The van der Waals surface area contributed by atoms with Crippen molar-refractivity contribution in [3.63, 3.8) is 0 Å². The maximum Gasteiger partial charge on any atom is 0.120 e. The third-order valence-corrected chi connectivity index (χ3v) is 3.93. The summed E-state index contributed by atoms with van der Waals surface area (Å²) in [5.41, 5.74) is 7.57. The summed E-state index contributed by atoms with van der Waals surface area (Å²) in [6, 6.07) is 5.88. The maximum atomic E-state index is 5.52. The lowest BCUT2D eigenvalue weighted by Gasteiger charge is -2.04. The van der Waals surface area contributed by atoms with Crippen molar-refractivity contribution < 1.29 is 4.74 Å².